The number of methoxy groups -OCH3 is 1. The van der Waals surface area contributed by atoms with Crippen molar-refractivity contribution in [3.63, 3.8) is 0 Å². The molecule has 0 radical (unpaired) electrons. The lowest BCUT2D eigenvalue weighted by atomic mass is 9.82. The third kappa shape index (κ3) is 6.06. The maximum absolute atomic E-state index is 13.1. The number of hydrogen-bond acceptors (Lipinski definition) is 6. The van der Waals surface area contributed by atoms with Gasteiger partial charge in [0.15, 0.2) is 0 Å². The number of aliphatic hydroxyl groups is 1. The van der Waals surface area contributed by atoms with Crippen LogP contribution in [0.2, 0.25) is 5.02 Å². The quantitative estimate of drug-likeness (QED) is 0.204. The minimum atomic E-state index is -0.624. The lowest BCUT2D eigenvalue weighted by Gasteiger charge is -2.36. The number of H-pyrrole nitrogens is 1. The van der Waals surface area contributed by atoms with E-state index in [0.29, 0.717) is 36.0 Å². The number of aliphatic hydroxyl groups excluding tert-OH is 1. The smallest absolute Gasteiger partial charge is 0.410 e. The molecule has 5 rings (SSSR count). The minimum Gasteiger partial charge on any atom is -0.481 e. The first-order chi connectivity index (χ1) is 19.0. The zero-order valence-corrected chi connectivity index (χ0v) is 25.8. The second kappa shape index (κ2) is 11.5. The molecule has 0 bridgehead atoms. The fourth-order valence-corrected chi connectivity index (χ4v) is 5.86. The Labute approximate surface area is 252 Å². The highest BCUT2D eigenvalue weighted by molar-refractivity contribution is 14.1. The Morgan fingerprint density at radius 2 is 1.82 bits per heavy atom. The molecule has 1 fully saturated rings. The molecule has 0 spiro atoms. The van der Waals surface area contributed by atoms with Gasteiger partial charge in [-0.05, 0) is 74.3 Å². The number of ether oxygens (including phenoxy) is 2. The van der Waals surface area contributed by atoms with Gasteiger partial charge < -0.3 is 19.5 Å². The summed E-state index contributed by atoms with van der Waals surface area (Å²) in [5.41, 5.74) is 4.19. The second-order valence-electron chi connectivity index (χ2n) is 11.1. The summed E-state index contributed by atoms with van der Waals surface area (Å²) in [6, 6.07) is 15.7. The third-order valence-corrected chi connectivity index (χ3v) is 8.17. The number of nitrogens with one attached hydrogen (secondary N) is 1. The molecule has 0 aliphatic heterocycles. The van der Waals surface area contributed by atoms with Crippen LogP contribution < -0.4 is 4.74 Å². The molecule has 1 saturated carbocycles. The zero-order chi connectivity index (χ0) is 28.6. The van der Waals surface area contributed by atoms with Gasteiger partial charge in [-0.3, -0.25) is 5.10 Å². The van der Waals surface area contributed by atoms with Gasteiger partial charge in [-0.1, -0.05) is 48.0 Å². The van der Waals surface area contributed by atoms with Gasteiger partial charge in [-0.15, -0.1) is 0 Å². The second-order valence-corrected chi connectivity index (χ2v) is 12.6. The molecule has 10 heteroatoms. The number of para-hydroxylation sites is 1. The van der Waals surface area contributed by atoms with Crippen molar-refractivity contribution in [2.75, 3.05) is 13.7 Å². The molecule has 0 saturated heterocycles. The van der Waals surface area contributed by atoms with Crippen LogP contribution in [0.15, 0.2) is 48.5 Å². The van der Waals surface area contributed by atoms with Crippen molar-refractivity contribution in [3.8, 4) is 28.3 Å². The summed E-state index contributed by atoms with van der Waals surface area (Å²) in [4.78, 5) is 19.5. The fourth-order valence-electron chi connectivity index (χ4n) is 4.97. The highest BCUT2D eigenvalue weighted by Gasteiger charge is 2.32. The molecule has 1 aliphatic carbocycles. The number of carbonyl (C=O) groups is 1. The Hall–Kier alpha value is -2.89. The maximum Gasteiger partial charge on any atom is 0.410 e. The van der Waals surface area contributed by atoms with Crippen LogP contribution in [0.3, 0.4) is 0 Å². The molecule has 4 aromatic rings. The summed E-state index contributed by atoms with van der Waals surface area (Å²) in [5.74, 6) is 0.634. The van der Waals surface area contributed by atoms with E-state index in [1.165, 1.54) is 0 Å². The van der Waals surface area contributed by atoms with E-state index in [0.717, 1.165) is 36.9 Å². The Kier molecular flexibility index (Phi) is 8.26. The first kappa shape index (κ1) is 28.6. The Balaban J connectivity index is 1.46. The van der Waals surface area contributed by atoms with Gasteiger partial charge in [0.05, 0.1) is 30.5 Å². The van der Waals surface area contributed by atoms with Crippen LogP contribution in [0, 0.1) is 9.62 Å². The van der Waals surface area contributed by atoms with E-state index in [9.17, 15) is 9.90 Å². The van der Waals surface area contributed by atoms with Crippen LogP contribution in [0.1, 0.15) is 39.2 Å². The van der Waals surface area contributed by atoms with Crippen molar-refractivity contribution in [3.05, 3.63) is 62.8 Å². The Morgan fingerprint density at radius 3 is 2.52 bits per heavy atom. The summed E-state index contributed by atoms with van der Waals surface area (Å²) in [6.07, 6.45) is 0.643. The number of carbonyl (C=O) groups excluding carboxylic acids is 1. The number of amides is 1. The summed E-state index contributed by atoms with van der Waals surface area (Å²) < 4.78 is 12.3. The molecule has 2 aromatic heterocycles. The normalized spacial score (nSPS) is 17.0. The molecule has 2 heterocycles. The van der Waals surface area contributed by atoms with Gasteiger partial charge in [0, 0.05) is 34.2 Å². The molecule has 0 atom stereocenters. The van der Waals surface area contributed by atoms with Crippen LogP contribution in [0.4, 0.5) is 4.79 Å². The summed E-state index contributed by atoms with van der Waals surface area (Å²) in [5, 5.41) is 18.9. The standard InChI is InChI=1S/C30H32ClIN4O4/c1-30(2,3)40-29(38)36(15-17-13-19(37)14-17)16-18-11-12-24(33-28(18)39-4)22-9-5-7-20(25(22)31)21-8-6-10-23-26(21)34-35-27(23)32/h5-12,17,19,37H,13-16H2,1-4H3,(H,34,35). The van der Waals surface area contributed by atoms with E-state index in [4.69, 9.17) is 26.1 Å². The van der Waals surface area contributed by atoms with Crippen molar-refractivity contribution in [2.24, 2.45) is 5.92 Å². The Morgan fingerprint density at radius 1 is 1.12 bits per heavy atom. The summed E-state index contributed by atoms with van der Waals surface area (Å²) >= 11 is 9.23. The highest BCUT2D eigenvalue weighted by atomic mass is 127. The Bertz CT molecular complexity index is 1540. The molecule has 210 valence electrons. The van der Waals surface area contributed by atoms with Gasteiger partial charge in [0.2, 0.25) is 5.88 Å². The van der Waals surface area contributed by atoms with Gasteiger partial charge in [-0.25, -0.2) is 9.78 Å². The monoisotopic (exact) mass is 674 g/mol. The van der Waals surface area contributed by atoms with Crippen molar-refractivity contribution in [2.45, 2.75) is 51.9 Å². The number of aromatic nitrogens is 3. The van der Waals surface area contributed by atoms with Gasteiger partial charge in [0.1, 0.15) is 14.8 Å². The van der Waals surface area contributed by atoms with E-state index >= 15 is 0 Å². The molecule has 0 unspecified atom stereocenters. The number of pyridine rings is 1. The number of aromatic amines is 1. The van der Waals surface area contributed by atoms with Crippen LogP contribution >= 0.6 is 34.2 Å². The molecule has 8 nitrogen and oxygen atoms in total. The predicted octanol–water partition coefficient (Wildman–Crippen LogP) is 7.07. The van der Waals surface area contributed by atoms with Gasteiger partial charge in [0.25, 0.3) is 0 Å². The largest absolute Gasteiger partial charge is 0.481 e. The van der Waals surface area contributed by atoms with Crippen LogP contribution in [0.5, 0.6) is 5.88 Å². The van der Waals surface area contributed by atoms with Crippen molar-refractivity contribution in [1.82, 2.24) is 20.1 Å². The van der Waals surface area contributed by atoms with E-state index < -0.39 is 11.7 Å². The number of benzene rings is 2. The van der Waals surface area contributed by atoms with Crippen LogP contribution in [-0.4, -0.2) is 56.6 Å². The number of hydrogen-bond donors (Lipinski definition) is 2. The van der Waals surface area contributed by atoms with Crippen molar-refractivity contribution >= 4 is 51.2 Å². The third-order valence-electron chi connectivity index (χ3n) is 6.94. The molecular weight excluding hydrogens is 643 g/mol. The first-order valence-electron chi connectivity index (χ1n) is 13.2. The number of halogens is 2. The molecular formula is C30H32ClIN4O4. The van der Waals surface area contributed by atoms with Crippen LogP contribution in [0.25, 0.3) is 33.3 Å². The maximum atomic E-state index is 13.1. The number of rotatable bonds is 7. The minimum absolute atomic E-state index is 0.226. The van der Waals surface area contributed by atoms with E-state index in [2.05, 4.69) is 32.8 Å². The average molecular weight is 675 g/mol. The SMILES string of the molecule is COc1nc(-c2cccc(-c3cccc4c(I)[nH]nc34)c2Cl)ccc1CN(CC1CC(O)C1)C(=O)OC(C)(C)C. The van der Waals surface area contributed by atoms with E-state index in [-0.39, 0.29) is 18.6 Å². The zero-order valence-electron chi connectivity index (χ0n) is 22.9. The molecule has 1 aliphatic rings. The summed E-state index contributed by atoms with van der Waals surface area (Å²) in [6.45, 7) is 6.29. The van der Waals surface area contributed by atoms with E-state index in [1.807, 2.05) is 69.3 Å². The number of fused-ring (bicyclic) bond motifs is 1. The number of nitrogens with zero attached hydrogens (tertiary/aromatic N) is 3. The highest BCUT2D eigenvalue weighted by Crippen LogP contribution is 2.39. The molecule has 40 heavy (non-hydrogen) atoms. The molecule has 1 amide bonds. The van der Waals surface area contributed by atoms with Crippen molar-refractivity contribution < 1.29 is 19.4 Å². The fraction of sp³-hybridized carbons (Fsp3) is 0.367. The topological polar surface area (TPSA) is 101 Å². The van der Waals surface area contributed by atoms with Gasteiger partial charge >= 0.3 is 6.09 Å². The molecule has 2 N–H and O–H groups in total. The van der Waals surface area contributed by atoms with Crippen molar-refractivity contribution in [1.29, 1.82) is 0 Å². The summed E-state index contributed by atoms with van der Waals surface area (Å²) in [7, 11) is 1.56. The lowest BCUT2D eigenvalue weighted by Crippen LogP contribution is -2.43. The van der Waals surface area contributed by atoms with E-state index in [1.54, 1.807) is 12.0 Å². The predicted molar refractivity (Wildman–Crippen MR) is 164 cm³/mol. The molecule has 2 aromatic carbocycles. The average Bonchev–Trinajstić information content (AvgIpc) is 3.27. The van der Waals surface area contributed by atoms with Gasteiger partial charge in [-0.2, -0.15) is 5.10 Å². The first-order valence-corrected chi connectivity index (χ1v) is 14.6. The van der Waals surface area contributed by atoms with Crippen LogP contribution in [-0.2, 0) is 11.3 Å². The lowest BCUT2D eigenvalue weighted by molar-refractivity contribution is -0.00238.